The van der Waals surface area contributed by atoms with E-state index >= 15 is 0 Å². The molecular weight excluding hydrogens is 304 g/mol. The highest BCUT2D eigenvalue weighted by molar-refractivity contribution is 6.31. The van der Waals surface area contributed by atoms with E-state index in [4.69, 9.17) is 27.5 Å². The van der Waals surface area contributed by atoms with Gasteiger partial charge in [-0.2, -0.15) is 0 Å². The molecule has 1 amide bonds. The summed E-state index contributed by atoms with van der Waals surface area (Å²) in [4.78, 5) is 17.4. The Morgan fingerprint density at radius 2 is 2.32 bits per heavy atom. The predicted molar refractivity (Wildman–Crippen MR) is 86.4 cm³/mol. The summed E-state index contributed by atoms with van der Waals surface area (Å²) in [6.07, 6.45) is 2.15. The van der Waals surface area contributed by atoms with Crippen molar-refractivity contribution in [2.24, 2.45) is 10.7 Å². The number of carbonyl (C=O) groups excluding carboxylic acids is 1. The zero-order chi connectivity index (χ0) is 16.1. The molecule has 22 heavy (non-hydrogen) atoms. The molecule has 1 heterocycles. The molecule has 1 atom stereocenters. The molecule has 0 aliphatic carbocycles. The Kier molecular flexibility index (Phi) is 5.30. The van der Waals surface area contributed by atoms with Gasteiger partial charge >= 0.3 is 0 Å². The smallest absolute Gasteiger partial charge is 0.246 e. The molecule has 0 bridgehead atoms. The highest BCUT2D eigenvalue weighted by atomic mass is 35.5. The maximum absolute atomic E-state index is 12.0. The topological polar surface area (TPSA) is 91.8 Å². The third-order valence-electron chi connectivity index (χ3n) is 3.39. The van der Waals surface area contributed by atoms with Gasteiger partial charge < -0.3 is 15.4 Å². The Morgan fingerprint density at radius 1 is 1.55 bits per heavy atom. The van der Waals surface area contributed by atoms with Gasteiger partial charge in [-0.3, -0.25) is 10.2 Å². The molecule has 0 spiro atoms. The summed E-state index contributed by atoms with van der Waals surface area (Å²) in [5.74, 6) is 0.0352. The van der Waals surface area contributed by atoms with Crippen molar-refractivity contribution in [1.82, 2.24) is 4.90 Å². The van der Waals surface area contributed by atoms with Gasteiger partial charge in [0, 0.05) is 17.1 Å². The van der Waals surface area contributed by atoms with Gasteiger partial charge in [0.2, 0.25) is 5.91 Å². The molecule has 1 saturated heterocycles. The summed E-state index contributed by atoms with van der Waals surface area (Å²) < 4.78 is 5.48. The lowest BCUT2D eigenvalue weighted by molar-refractivity contribution is -0.134. The number of ether oxygens (including phenoxy) is 1. The van der Waals surface area contributed by atoms with Gasteiger partial charge in [0.25, 0.3) is 0 Å². The molecule has 7 heteroatoms. The third-order valence-corrected chi connectivity index (χ3v) is 3.61. The van der Waals surface area contributed by atoms with Crippen LogP contribution in [0.2, 0.25) is 5.02 Å². The van der Waals surface area contributed by atoms with E-state index in [2.05, 4.69) is 11.6 Å². The lowest BCUT2D eigenvalue weighted by Crippen LogP contribution is -2.42. The number of nitrogens with zero attached hydrogens (tertiary/aromatic N) is 2. The van der Waals surface area contributed by atoms with Crippen molar-refractivity contribution in [3.8, 4) is 0 Å². The number of rotatable bonds is 4. The first kappa shape index (κ1) is 16.2. The minimum Gasteiger partial charge on any atom is -0.383 e. The number of hydrogen-bond donors (Lipinski definition) is 2. The summed E-state index contributed by atoms with van der Waals surface area (Å²) in [7, 11) is 0. The Bertz CT molecular complexity index is 630. The second kappa shape index (κ2) is 7.20. The highest BCUT2D eigenvalue weighted by Gasteiger charge is 2.27. The van der Waals surface area contributed by atoms with Crippen molar-refractivity contribution >= 4 is 29.7 Å². The molecule has 1 aromatic carbocycles. The zero-order valence-corrected chi connectivity index (χ0v) is 12.7. The molecule has 1 fully saturated rings. The Hall–Kier alpha value is -2.18. The maximum Gasteiger partial charge on any atom is 0.246 e. The van der Waals surface area contributed by atoms with Gasteiger partial charge in [0.05, 0.1) is 19.3 Å². The van der Waals surface area contributed by atoms with Gasteiger partial charge in [-0.1, -0.05) is 18.2 Å². The summed E-state index contributed by atoms with van der Waals surface area (Å²) >= 11 is 6.14. The van der Waals surface area contributed by atoms with Crippen LogP contribution in [0.1, 0.15) is 17.2 Å². The normalized spacial score (nSPS) is 18.9. The van der Waals surface area contributed by atoms with Crippen molar-refractivity contribution in [1.29, 1.82) is 5.41 Å². The lowest BCUT2D eigenvalue weighted by Gasteiger charge is -2.35. The molecule has 1 aliphatic heterocycles. The fourth-order valence-electron chi connectivity index (χ4n) is 2.36. The van der Waals surface area contributed by atoms with E-state index < -0.39 is 0 Å². The quantitative estimate of drug-likeness (QED) is 0.503. The van der Waals surface area contributed by atoms with Crippen LogP contribution in [0.15, 0.2) is 35.8 Å². The van der Waals surface area contributed by atoms with E-state index in [1.54, 1.807) is 23.1 Å². The summed E-state index contributed by atoms with van der Waals surface area (Å²) in [6.45, 7) is 4.88. The van der Waals surface area contributed by atoms with E-state index in [1.807, 2.05) is 0 Å². The Morgan fingerprint density at radius 3 is 3.00 bits per heavy atom. The SMILES string of the molecule is C=CC(=O)N1CCOCC1c1cc(Cl)cc(C(N)=NC=N)c1. The van der Waals surface area contributed by atoms with E-state index in [9.17, 15) is 4.79 Å². The van der Waals surface area contributed by atoms with E-state index in [0.717, 1.165) is 11.9 Å². The fourth-order valence-corrected chi connectivity index (χ4v) is 2.60. The minimum atomic E-state index is -0.260. The van der Waals surface area contributed by atoms with E-state index in [-0.39, 0.29) is 17.8 Å². The van der Waals surface area contributed by atoms with Crippen molar-refractivity contribution in [3.05, 3.63) is 47.0 Å². The highest BCUT2D eigenvalue weighted by Crippen LogP contribution is 2.28. The number of aliphatic imine (C=N–C) groups is 1. The van der Waals surface area contributed by atoms with Crippen LogP contribution < -0.4 is 5.73 Å². The van der Waals surface area contributed by atoms with Gasteiger partial charge in [-0.15, -0.1) is 0 Å². The van der Waals surface area contributed by atoms with Gasteiger partial charge in [-0.05, 0) is 29.8 Å². The van der Waals surface area contributed by atoms with Crippen molar-refractivity contribution in [2.45, 2.75) is 6.04 Å². The molecule has 1 aliphatic rings. The van der Waals surface area contributed by atoms with Crippen molar-refractivity contribution in [3.63, 3.8) is 0 Å². The molecular formula is C15H17ClN4O2. The number of amidine groups is 1. The van der Waals surface area contributed by atoms with Crippen molar-refractivity contribution in [2.75, 3.05) is 19.8 Å². The van der Waals surface area contributed by atoms with Gasteiger partial charge in [0.15, 0.2) is 0 Å². The molecule has 0 saturated carbocycles. The molecule has 3 N–H and O–H groups in total. The number of hydrogen-bond acceptors (Lipinski definition) is 3. The molecule has 6 nitrogen and oxygen atoms in total. The standard InChI is InChI=1S/C15H17ClN4O2/c1-2-14(21)20-3-4-22-8-13(20)10-5-11(7-12(16)6-10)15(18)19-9-17/h2,5-7,9,13H,1,3-4,8H2,(H3,17,18,19). The molecule has 1 unspecified atom stereocenters. The van der Waals surface area contributed by atoms with Crippen LogP contribution in [0.3, 0.4) is 0 Å². The number of halogens is 1. The first-order valence-corrected chi connectivity index (χ1v) is 7.08. The molecule has 0 aromatic heterocycles. The molecule has 1 aromatic rings. The van der Waals surface area contributed by atoms with Crippen LogP contribution in [0.5, 0.6) is 0 Å². The van der Waals surface area contributed by atoms with Crippen LogP contribution in [-0.2, 0) is 9.53 Å². The fraction of sp³-hybridized carbons (Fsp3) is 0.267. The Labute approximate surface area is 133 Å². The molecule has 0 radical (unpaired) electrons. The Balaban J connectivity index is 2.41. The van der Waals surface area contributed by atoms with Crippen LogP contribution in [0.4, 0.5) is 0 Å². The maximum atomic E-state index is 12.0. The lowest BCUT2D eigenvalue weighted by atomic mass is 10.0. The average Bonchev–Trinajstić information content (AvgIpc) is 2.53. The van der Waals surface area contributed by atoms with E-state index in [0.29, 0.717) is 30.3 Å². The minimum absolute atomic E-state index is 0.157. The molecule has 2 rings (SSSR count). The number of carbonyl (C=O) groups is 1. The van der Waals surface area contributed by atoms with Gasteiger partial charge in [-0.25, -0.2) is 4.99 Å². The first-order chi connectivity index (χ1) is 10.6. The first-order valence-electron chi connectivity index (χ1n) is 6.70. The second-order valence-electron chi connectivity index (χ2n) is 4.74. The van der Waals surface area contributed by atoms with Gasteiger partial charge in [0.1, 0.15) is 12.2 Å². The second-order valence-corrected chi connectivity index (χ2v) is 5.18. The van der Waals surface area contributed by atoms with Crippen LogP contribution >= 0.6 is 11.6 Å². The number of amides is 1. The third kappa shape index (κ3) is 3.52. The average molecular weight is 321 g/mol. The number of morpholine rings is 1. The predicted octanol–water partition coefficient (Wildman–Crippen LogP) is 1.74. The zero-order valence-electron chi connectivity index (χ0n) is 12.0. The van der Waals surface area contributed by atoms with Crippen LogP contribution in [-0.4, -0.2) is 42.7 Å². The van der Waals surface area contributed by atoms with Crippen LogP contribution in [0, 0.1) is 5.41 Å². The van der Waals surface area contributed by atoms with E-state index in [1.165, 1.54) is 6.08 Å². The largest absolute Gasteiger partial charge is 0.383 e. The number of nitrogens with one attached hydrogen (secondary N) is 1. The summed E-state index contributed by atoms with van der Waals surface area (Å²) in [6, 6.07) is 4.98. The van der Waals surface area contributed by atoms with Crippen molar-refractivity contribution < 1.29 is 9.53 Å². The number of nitrogens with two attached hydrogens (primary N) is 1. The number of benzene rings is 1. The summed E-state index contributed by atoms with van der Waals surface area (Å²) in [5, 5.41) is 7.47. The van der Waals surface area contributed by atoms with Crippen LogP contribution in [0.25, 0.3) is 0 Å². The molecule has 116 valence electrons. The summed E-state index contributed by atoms with van der Waals surface area (Å²) in [5.41, 5.74) is 7.21. The monoisotopic (exact) mass is 320 g/mol.